The van der Waals surface area contributed by atoms with Gasteiger partial charge in [0.15, 0.2) is 0 Å². The van der Waals surface area contributed by atoms with E-state index in [1.807, 2.05) is 0 Å². The van der Waals surface area contributed by atoms with E-state index in [-0.39, 0.29) is 0 Å². The van der Waals surface area contributed by atoms with Gasteiger partial charge in [-0.1, -0.05) is 30.7 Å². The number of benzene rings is 1. The number of nitrogens with two attached hydrogens (primary N) is 1. The van der Waals surface area contributed by atoms with Crippen LogP contribution in [0.4, 0.5) is 0 Å². The fourth-order valence-electron chi connectivity index (χ4n) is 2.78. The predicted octanol–water partition coefficient (Wildman–Crippen LogP) is 2.35. The van der Waals surface area contributed by atoms with Crippen LogP contribution in [0.15, 0.2) is 24.3 Å². The lowest BCUT2D eigenvalue weighted by molar-refractivity contribution is 0.155. The van der Waals surface area contributed by atoms with E-state index in [0.29, 0.717) is 6.04 Å². The second kappa shape index (κ2) is 6.18. The summed E-state index contributed by atoms with van der Waals surface area (Å²) in [4.78, 5) is 2.58. The molecule has 0 aliphatic carbocycles. The zero-order valence-electron chi connectivity index (χ0n) is 10.9. The summed E-state index contributed by atoms with van der Waals surface area (Å²) in [5.74, 6) is 0. The topological polar surface area (TPSA) is 29.3 Å². The molecule has 0 unspecified atom stereocenters. The van der Waals surface area contributed by atoms with E-state index in [4.69, 9.17) is 5.73 Å². The quantitative estimate of drug-likeness (QED) is 0.863. The molecule has 1 aliphatic heterocycles. The van der Waals surface area contributed by atoms with Crippen molar-refractivity contribution in [1.29, 1.82) is 0 Å². The van der Waals surface area contributed by atoms with Gasteiger partial charge < -0.3 is 5.73 Å². The molecule has 2 heteroatoms. The van der Waals surface area contributed by atoms with Crippen LogP contribution in [-0.2, 0) is 6.42 Å². The van der Waals surface area contributed by atoms with E-state index < -0.39 is 0 Å². The van der Waals surface area contributed by atoms with Crippen molar-refractivity contribution in [1.82, 2.24) is 4.90 Å². The van der Waals surface area contributed by atoms with Crippen molar-refractivity contribution in [2.45, 2.75) is 38.6 Å². The minimum absolute atomic E-state index is 0.618. The first kappa shape index (κ1) is 12.6. The van der Waals surface area contributed by atoms with Crippen molar-refractivity contribution in [3.8, 4) is 0 Å². The lowest BCUT2D eigenvalue weighted by Crippen LogP contribution is -2.44. The third-order valence-corrected chi connectivity index (χ3v) is 3.95. The number of hydrogen-bond acceptors (Lipinski definition) is 2. The Labute approximate surface area is 105 Å². The molecule has 2 nitrogen and oxygen atoms in total. The first-order valence-corrected chi connectivity index (χ1v) is 6.80. The summed E-state index contributed by atoms with van der Waals surface area (Å²) < 4.78 is 0. The zero-order valence-corrected chi connectivity index (χ0v) is 10.9. The van der Waals surface area contributed by atoms with Crippen LogP contribution in [0, 0.1) is 6.92 Å². The van der Waals surface area contributed by atoms with Gasteiger partial charge in [-0.3, -0.25) is 4.90 Å². The average molecular weight is 232 g/mol. The summed E-state index contributed by atoms with van der Waals surface area (Å²) in [6.07, 6.45) is 5.13. The van der Waals surface area contributed by atoms with Crippen LogP contribution in [0.3, 0.4) is 0 Å². The number of hydrogen-bond donors (Lipinski definition) is 1. The first-order valence-electron chi connectivity index (χ1n) is 6.80. The molecule has 0 spiro atoms. The third-order valence-electron chi connectivity index (χ3n) is 3.95. The number of nitrogens with zero attached hydrogens (tertiary/aromatic N) is 1. The van der Waals surface area contributed by atoms with Crippen molar-refractivity contribution in [3.63, 3.8) is 0 Å². The van der Waals surface area contributed by atoms with Crippen molar-refractivity contribution >= 4 is 0 Å². The first-order chi connectivity index (χ1) is 8.31. The predicted molar refractivity (Wildman–Crippen MR) is 73.1 cm³/mol. The molecule has 2 rings (SSSR count). The molecule has 0 radical (unpaired) electrons. The minimum Gasteiger partial charge on any atom is -0.329 e. The van der Waals surface area contributed by atoms with Crippen molar-refractivity contribution < 1.29 is 0 Å². The van der Waals surface area contributed by atoms with Gasteiger partial charge in [0.25, 0.3) is 0 Å². The Morgan fingerprint density at radius 1 is 1.29 bits per heavy atom. The van der Waals surface area contributed by atoms with Gasteiger partial charge in [-0.2, -0.15) is 0 Å². The Balaban J connectivity index is 1.90. The molecule has 1 atom stereocenters. The average Bonchev–Trinajstić information content (AvgIpc) is 2.38. The minimum atomic E-state index is 0.618. The summed E-state index contributed by atoms with van der Waals surface area (Å²) >= 11 is 0. The summed E-state index contributed by atoms with van der Waals surface area (Å²) in [5, 5.41) is 0. The fraction of sp³-hybridized carbons (Fsp3) is 0.600. The highest BCUT2D eigenvalue weighted by molar-refractivity contribution is 5.25. The molecule has 1 aliphatic rings. The van der Waals surface area contributed by atoms with Crippen LogP contribution in [-0.4, -0.2) is 30.6 Å². The van der Waals surface area contributed by atoms with Gasteiger partial charge in [0.1, 0.15) is 0 Å². The highest BCUT2D eigenvalue weighted by Gasteiger charge is 2.20. The van der Waals surface area contributed by atoms with Gasteiger partial charge in [-0.15, -0.1) is 0 Å². The smallest absolute Gasteiger partial charge is 0.0218 e. The third kappa shape index (κ3) is 3.30. The molecule has 1 fully saturated rings. The lowest BCUT2D eigenvalue weighted by atomic mass is 10.0. The number of aryl methyl sites for hydroxylation is 1. The van der Waals surface area contributed by atoms with Crippen LogP contribution in [0.1, 0.15) is 30.4 Å². The number of rotatable bonds is 4. The maximum absolute atomic E-state index is 5.85. The lowest BCUT2D eigenvalue weighted by Gasteiger charge is -2.35. The molecule has 0 bridgehead atoms. The van der Waals surface area contributed by atoms with E-state index in [2.05, 4.69) is 36.1 Å². The van der Waals surface area contributed by atoms with Gasteiger partial charge in [0, 0.05) is 19.1 Å². The molecule has 94 valence electrons. The molecule has 1 saturated heterocycles. The van der Waals surface area contributed by atoms with E-state index in [1.165, 1.54) is 36.9 Å². The molecule has 1 aromatic rings. The van der Waals surface area contributed by atoms with Gasteiger partial charge in [0.2, 0.25) is 0 Å². The molecule has 1 aromatic carbocycles. The monoisotopic (exact) mass is 232 g/mol. The van der Waals surface area contributed by atoms with Crippen LogP contribution < -0.4 is 5.73 Å². The van der Waals surface area contributed by atoms with E-state index >= 15 is 0 Å². The number of piperidine rings is 1. The van der Waals surface area contributed by atoms with Crippen LogP contribution in [0.25, 0.3) is 0 Å². The van der Waals surface area contributed by atoms with Crippen molar-refractivity contribution in [2.24, 2.45) is 5.73 Å². The maximum atomic E-state index is 5.85. The Morgan fingerprint density at radius 3 is 2.88 bits per heavy atom. The van der Waals surface area contributed by atoms with Crippen LogP contribution >= 0.6 is 0 Å². The Morgan fingerprint density at radius 2 is 2.12 bits per heavy atom. The molecular formula is C15H24N2. The summed E-state index contributed by atoms with van der Waals surface area (Å²) in [6.45, 7) is 5.40. The highest BCUT2D eigenvalue weighted by atomic mass is 15.2. The molecule has 0 amide bonds. The van der Waals surface area contributed by atoms with Crippen molar-refractivity contribution in [2.75, 3.05) is 19.6 Å². The zero-order chi connectivity index (χ0) is 12.1. The van der Waals surface area contributed by atoms with Crippen molar-refractivity contribution in [3.05, 3.63) is 35.4 Å². The Bertz CT molecular complexity index is 349. The summed E-state index contributed by atoms with van der Waals surface area (Å²) in [6, 6.07) is 9.32. The maximum Gasteiger partial charge on any atom is 0.0218 e. The second-order valence-corrected chi connectivity index (χ2v) is 5.10. The Hall–Kier alpha value is -0.860. The fourth-order valence-corrected chi connectivity index (χ4v) is 2.78. The van der Waals surface area contributed by atoms with E-state index in [9.17, 15) is 0 Å². The summed E-state index contributed by atoms with van der Waals surface area (Å²) in [5.41, 5.74) is 8.74. The van der Waals surface area contributed by atoms with Crippen LogP contribution in [0.5, 0.6) is 0 Å². The second-order valence-electron chi connectivity index (χ2n) is 5.10. The van der Waals surface area contributed by atoms with Gasteiger partial charge in [0.05, 0.1) is 0 Å². The SMILES string of the molecule is Cc1ccccc1CCN1CCCC[C@H]1CN. The molecule has 1 heterocycles. The number of likely N-dealkylation sites (tertiary alicyclic amines) is 1. The molecule has 0 saturated carbocycles. The molecule has 0 aromatic heterocycles. The van der Waals surface area contributed by atoms with Crippen LogP contribution in [0.2, 0.25) is 0 Å². The molecule has 17 heavy (non-hydrogen) atoms. The normalized spacial score (nSPS) is 21.6. The largest absolute Gasteiger partial charge is 0.329 e. The molecule has 2 N–H and O–H groups in total. The molecular weight excluding hydrogens is 208 g/mol. The summed E-state index contributed by atoms with van der Waals surface area (Å²) in [7, 11) is 0. The van der Waals surface area contributed by atoms with Gasteiger partial charge in [-0.25, -0.2) is 0 Å². The Kier molecular flexibility index (Phi) is 4.57. The highest BCUT2D eigenvalue weighted by Crippen LogP contribution is 2.17. The van der Waals surface area contributed by atoms with E-state index in [0.717, 1.165) is 19.5 Å². The van der Waals surface area contributed by atoms with Gasteiger partial charge >= 0.3 is 0 Å². The van der Waals surface area contributed by atoms with E-state index in [1.54, 1.807) is 0 Å². The standard InChI is InChI=1S/C15H24N2/c1-13-6-2-3-7-14(13)9-11-17-10-5-4-8-15(17)12-16/h2-3,6-7,15H,4-5,8-12,16H2,1H3/t15-/m0/s1. The van der Waals surface area contributed by atoms with Gasteiger partial charge in [-0.05, 0) is 43.9 Å².